The molecule has 0 atom stereocenters. The van der Waals surface area contributed by atoms with Crippen LogP contribution in [0, 0.1) is 5.41 Å². The molecule has 6 heteroatoms. The lowest BCUT2D eigenvalue weighted by Gasteiger charge is -2.13. The third-order valence-corrected chi connectivity index (χ3v) is 4.93. The normalized spacial score (nSPS) is 18.0. The van der Waals surface area contributed by atoms with Crippen molar-refractivity contribution in [2.45, 2.75) is 17.7 Å². The maximum atomic E-state index is 12.0. The fraction of sp³-hybridized carbons (Fsp3) is 0.455. The molecule has 1 aliphatic rings. The van der Waals surface area contributed by atoms with Crippen LogP contribution in [0.4, 0.5) is 0 Å². The molecule has 0 aliphatic heterocycles. The molecule has 0 unspecified atom stereocenters. The van der Waals surface area contributed by atoms with Crippen LogP contribution in [0.1, 0.15) is 12.8 Å². The lowest BCUT2D eigenvalue weighted by molar-refractivity contribution is 0.213. The SMILES string of the molecule is O=S(=O)(NCC1(CO)CC1)c1cccc(Br)c1. The Morgan fingerprint density at radius 1 is 1.41 bits per heavy atom. The zero-order chi connectivity index (χ0) is 12.5. The summed E-state index contributed by atoms with van der Waals surface area (Å²) in [5, 5.41) is 9.13. The first kappa shape index (κ1) is 13.0. The lowest BCUT2D eigenvalue weighted by Crippen LogP contribution is -2.31. The second kappa shape index (κ2) is 4.68. The third kappa shape index (κ3) is 3.07. The van der Waals surface area contributed by atoms with Crippen LogP contribution in [0.5, 0.6) is 0 Å². The molecule has 17 heavy (non-hydrogen) atoms. The Bertz CT molecular complexity index is 511. The molecular weight excluding hydrogens is 306 g/mol. The lowest BCUT2D eigenvalue weighted by atomic mass is 10.1. The molecule has 94 valence electrons. The molecule has 0 bridgehead atoms. The van der Waals surface area contributed by atoms with E-state index >= 15 is 0 Å². The van der Waals surface area contributed by atoms with E-state index in [1.165, 1.54) is 0 Å². The van der Waals surface area contributed by atoms with Gasteiger partial charge in [0, 0.05) is 23.0 Å². The van der Waals surface area contributed by atoms with Crippen LogP contribution in [0.25, 0.3) is 0 Å². The van der Waals surface area contributed by atoms with Gasteiger partial charge < -0.3 is 5.11 Å². The Balaban J connectivity index is 2.09. The average Bonchev–Trinajstić information content (AvgIpc) is 3.07. The summed E-state index contributed by atoms with van der Waals surface area (Å²) < 4.78 is 27.2. The average molecular weight is 320 g/mol. The number of sulfonamides is 1. The van der Waals surface area contributed by atoms with Gasteiger partial charge >= 0.3 is 0 Å². The number of aliphatic hydroxyl groups is 1. The summed E-state index contributed by atoms with van der Waals surface area (Å²) in [6, 6.07) is 6.55. The van der Waals surface area contributed by atoms with E-state index in [-0.39, 0.29) is 16.9 Å². The van der Waals surface area contributed by atoms with Crippen molar-refractivity contribution in [1.82, 2.24) is 4.72 Å². The van der Waals surface area contributed by atoms with Crippen LogP contribution in [-0.4, -0.2) is 26.7 Å². The first-order chi connectivity index (χ1) is 7.97. The minimum atomic E-state index is -3.48. The third-order valence-electron chi connectivity index (χ3n) is 3.04. The van der Waals surface area contributed by atoms with Crippen molar-refractivity contribution in [2.24, 2.45) is 5.41 Å². The first-order valence-electron chi connectivity index (χ1n) is 5.34. The molecule has 1 aromatic carbocycles. The molecule has 0 spiro atoms. The minimum Gasteiger partial charge on any atom is -0.396 e. The van der Waals surface area contributed by atoms with Crippen molar-refractivity contribution < 1.29 is 13.5 Å². The Morgan fingerprint density at radius 3 is 2.65 bits per heavy atom. The van der Waals surface area contributed by atoms with Gasteiger partial charge in [-0.3, -0.25) is 0 Å². The number of nitrogens with one attached hydrogen (secondary N) is 1. The number of rotatable bonds is 5. The van der Waals surface area contributed by atoms with Crippen LogP contribution >= 0.6 is 15.9 Å². The standard InChI is InChI=1S/C11H14BrNO3S/c12-9-2-1-3-10(6-9)17(15,16)13-7-11(8-14)4-5-11/h1-3,6,13-14H,4-5,7-8H2. The van der Waals surface area contributed by atoms with Crippen LogP contribution in [0.3, 0.4) is 0 Å². The van der Waals surface area contributed by atoms with E-state index in [4.69, 9.17) is 5.11 Å². The van der Waals surface area contributed by atoms with Gasteiger partial charge in [-0.1, -0.05) is 22.0 Å². The number of halogens is 1. The van der Waals surface area contributed by atoms with Crippen molar-refractivity contribution in [1.29, 1.82) is 0 Å². The van der Waals surface area contributed by atoms with Gasteiger partial charge in [-0.15, -0.1) is 0 Å². The summed E-state index contributed by atoms with van der Waals surface area (Å²) in [5.41, 5.74) is -0.223. The van der Waals surface area contributed by atoms with Gasteiger partial charge in [0.2, 0.25) is 10.0 Å². The molecule has 1 aliphatic carbocycles. The van der Waals surface area contributed by atoms with Crippen molar-refractivity contribution in [3.05, 3.63) is 28.7 Å². The molecule has 0 amide bonds. The van der Waals surface area contributed by atoms with Crippen LogP contribution in [-0.2, 0) is 10.0 Å². The molecule has 2 N–H and O–H groups in total. The second-order valence-corrected chi connectivity index (χ2v) is 7.12. The molecule has 1 fully saturated rings. The van der Waals surface area contributed by atoms with E-state index in [2.05, 4.69) is 20.7 Å². The Morgan fingerprint density at radius 2 is 2.12 bits per heavy atom. The zero-order valence-corrected chi connectivity index (χ0v) is 11.6. The van der Waals surface area contributed by atoms with Gasteiger partial charge in [0.15, 0.2) is 0 Å². The van der Waals surface area contributed by atoms with Crippen molar-refractivity contribution >= 4 is 26.0 Å². The molecule has 1 saturated carbocycles. The number of aliphatic hydroxyl groups excluding tert-OH is 1. The summed E-state index contributed by atoms with van der Waals surface area (Å²) in [5.74, 6) is 0. The molecule has 0 radical (unpaired) electrons. The quantitative estimate of drug-likeness (QED) is 0.864. The fourth-order valence-corrected chi connectivity index (χ4v) is 3.29. The number of hydrogen-bond acceptors (Lipinski definition) is 3. The minimum absolute atomic E-state index is 0.0357. The van der Waals surface area contributed by atoms with Gasteiger partial charge in [-0.25, -0.2) is 13.1 Å². The monoisotopic (exact) mass is 319 g/mol. The highest BCUT2D eigenvalue weighted by Gasteiger charge is 2.42. The first-order valence-corrected chi connectivity index (χ1v) is 7.61. The van der Waals surface area contributed by atoms with Crippen molar-refractivity contribution in [3.8, 4) is 0 Å². The highest BCUT2D eigenvalue weighted by atomic mass is 79.9. The van der Waals surface area contributed by atoms with Crippen molar-refractivity contribution in [3.63, 3.8) is 0 Å². The predicted molar refractivity (Wildman–Crippen MR) is 68.1 cm³/mol. The van der Waals surface area contributed by atoms with E-state index in [0.29, 0.717) is 6.54 Å². The fourth-order valence-electron chi connectivity index (χ4n) is 1.53. The van der Waals surface area contributed by atoms with Gasteiger partial charge in [0.1, 0.15) is 0 Å². The van der Waals surface area contributed by atoms with E-state index in [1.54, 1.807) is 24.3 Å². The highest BCUT2D eigenvalue weighted by Crippen LogP contribution is 2.44. The summed E-state index contributed by atoms with van der Waals surface area (Å²) >= 11 is 3.24. The summed E-state index contributed by atoms with van der Waals surface area (Å²) in [6.07, 6.45) is 1.76. The van der Waals surface area contributed by atoms with Gasteiger partial charge in [0.25, 0.3) is 0 Å². The zero-order valence-electron chi connectivity index (χ0n) is 9.19. The smallest absolute Gasteiger partial charge is 0.240 e. The van der Waals surface area contributed by atoms with Gasteiger partial charge in [0.05, 0.1) is 4.90 Å². The maximum Gasteiger partial charge on any atom is 0.240 e. The highest BCUT2D eigenvalue weighted by molar-refractivity contribution is 9.10. The van der Waals surface area contributed by atoms with Gasteiger partial charge in [-0.2, -0.15) is 0 Å². The maximum absolute atomic E-state index is 12.0. The Kier molecular flexibility index (Phi) is 3.58. The largest absolute Gasteiger partial charge is 0.396 e. The van der Waals surface area contributed by atoms with E-state index in [1.807, 2.05) is 0 Å². The summed E-state index contributed by atoms with van der Waals surface area (Å²) in [6.45, 7) is 0.340. The van der Waals surface area contributed by atoms with Crippen LogP contribution < -0.4 is 4.72 Å². The van der Waals surface area contributed by atoms with E-state index < -0.39 is 10.0 Å². The summed E-state index contributed by atoms with van der Waals surface area (Å²) in [7, 11) is -3.48. The van der Waals surface area contributed by atoms with Gasteiger partial charge in [-0.05, 0) is 31.0 Å². The topological polar surface area (TPSA) is 66.4 Å². The number of hydrogen-bond donors (Lipinski definition) is 2. The Labute approximate surface area is 109 Å². The molecular formula is C11H14BrNO3S. The van der Waals surface area contributed by atoms with Crippen LogP contribution in [0.2, 0.25) is 0 Å². The Hall–Kier alpha value is -0.430. The van der Waals surface area contributed by atoms with Crippen molar-refractivity contribution in [2.75, 3.05) is 13.2 Å². The molecule has 0 saturated heterocycles. The predicted octanol–water partition coefficient (Wildman–Crippen LogP) is 1.50. The molecule has 2 rings (SSSR count). The summed E-state index contributed by atoms with van der Waals surface area (Å²) in [4.78, 5) is 0.237. The van der Waals surface area contributed by atoms with E-state index in [0.717, 1.165) is 17.3 Å². The molecule has 4 nitrogen and oxygen atoms in total. The number of benzene rings is 1. The van der Waals surface area contributed by atoms with Crippen LogP contribution in [0.15, 0.2) is 33.6 Å². The van der Waals surface area contributed by atoms with E-state index in [9.17, 15) is 8.42 Å². The molecule has 0 heterocycles. The molecule has 1 aromatic rings. The molecule has 0 aromatic heterocycles. The second-order valence-electron chi connectivity index (χ2n) is 4.44.